The van der Waals surface area contributed by atoms with Gasteiger partial charge in [-0.1, -0.05) is 6.07 Å². The number of hydrogen-bond donors (Lipinski definition) is 2. The Morgan fingerprint density at radius 3 is 2.75 bits per heavy atom. The molecule has 1 aliphatic carbocycles. The molecule has 6 nitrogen and oxygen atoms in total. The summed E-state index contributed by atoms with van der Waals surface area (Å²) < 4.78 is 10.5. The predicted octanol–water partition coefficient (Wildman–Crippen LogP) is 1.31. The van der Waals surface area contributed by atoms with Gasteiger partial charge in [-0.05, 0) is 31.0 Å². The molecule has 3 rings (SSSR count). The fourth-order valence-corrected chi connectivity index (χ4v) is 2.34. The van der Waals surface area contributed by atoms with E-state index in [0.717, 1.165) is 5.56 Å². The lowest BCUT2D eigenvalue weighted by atomic mass is 10.1. The number of carbonyl (C=O) groups excluding carboxylic acids is 1. The second-order valence-corrected chi connectivity index (χ2v) is 5.13. The summed E-state index contributed by atoms with van der Waals surface area (Å²) in [6, 6.07) is 5.29. The van der Waals surface area contributed by atoms with Crippen molar-refractivity contribution in [2.75, 3.05) is 6.79 Å². The van der Waals surface area contributed by atoms with E-state index >= 15 is 0 Å². The molecule has 6 heteroatoms. The van der Waals surface area contributed by atoms with E-state index in [1.54, 1.807) is 6.07 Å². The summed E-state index contributed by atoms with van der Waals surface area (Å²) in [4.78, 5) is 22.7. The predicted molar refractivity (Wildman–Crippen MR) is 68.4 cm³/mol. The zero-order valence-corrected chi connectivity index (χ0v) is 11.0. The van der Waals surface area contributed by atoms with Crippen LogP contribution in [0.4, 0.5) is 0 Å². The molecule has 1 aromatic carbocycles. The third kappa shape index (κ3) is 2.29. The second-order valence-electron chi connectivity index (χ2n) is 5.13. The molecule has 2 aliphatic rings. The summed E-state index contributed by atoms with van der Waals surface area (Å²) in [6.45, 7) is 2.06. The minimum atomic E-state index is -0.902. The highest BCUT2D eigenvalue weighted by Crippen LogP contribution is 2.39. The molecular formula is C14H15NO5. The number of carboxylic acid groups (broad SMARTS) is 1. The number of carboxylic acids is 1. The molecule has 3 unspecified atom stereocenters. The summed E-state index contributed by atoms with van der Waals surface area (Å²) in [5, 5.41) is 11.7. The monoisotopic (exact) mass is 277 g/mol. The van der Waals surface area contributed by atoms with Crippen molar-refractivity contribution in [3.63, 3.8) is 0 Å². The number of aliphatic carboxylic acids is 1. The molecule has 1 heterocycles. The van der Waals surface area contributed by atoms with Gasteiger partial charge in [-0.15, -0.1) is 0 Å². The first-order valence-electron chi connectivity index (χ1n) is 6.49. The van der Waals surface area contributed by atoms with E-state index in [1.165, 1.54) is 0 Å². The largest absolute Gasteiger partial charge is 0.481 e. The molecule has 1 amide bonds. The number of amides is 1. The molecule has 106 valence electrons. The lowest BCUT2D eigenvalue weighted by Crippen LogP contribution is -2.29. The number of ether oxygens (including phenoxy) is 2. The minimum absolute atomic E-state index is 0.202. The van der Waals surface area contributed by atoms with Crippen LogP contribution >= 0.6 is 0 Å². The third-order valence-electron chi connectivity index (χ3n) is 3.70. The van der Waals surface area contributed by atoms with E-state index < -0.39 is 17.8 Å². The van der Waals surface area contributed by atoms with Crippen molar-refractivity contribution in [3.8, 4) is 11.5 Å². The standard InChI is InChI=1S/C14H15NO5/c1-7(15-13(16)9-5-10(9)14(17)18)8-2-3-11-12(4-8)20-6-19-11/h2-4,7,9-10H,5-6H2,1H3,(H,15,16)(H,17,18). The van der Waals surface area contributed by atoms with E-state index in [1.807, 2.05) is 19.1 Å². The van der Waals surface area contributed by atoms with E-state index in [0.29, 0.717) is 17.9 Å². The van der Waals surface area contributed by atoms with Crippen molar-refractivity contribution in [2.24, 2.45) is 11.8 Å². The van der Waals surface area contributed by atoms with Gasteiger partial charge in [0.25, 0.3) is 0 Å². The summed E-state index contributed by atoms with van der Waals surface area (Å²) in [5.41, 5.74) is 0.898. The van der Waals surface area contributed by atoms with Crippen molar-refractivity contribution in [1.29, 1.82) is 0 Å². The van der Waals surface area contributed by atoms with Crippen molar-refractivity contribution >= 4 is 11.9 Å². The average Bonchev–Trinajstić information content (AvgIpc) is 3.09. The Bertz CT molecular complexity index is 571. The van der Waals surface area contributed by atoms with E-state index in [-0.39, 0.29) is 18.7 Å². The Morgan fingerprint density at radius 2 is 2.05 bits per heavy atom. The average molecular weight is 277 g/mol. The molecule has 20 heavy (non-hydrogen) atoms. The van der Waals surface area contributed by atoms with Crippen LogP contribution in [0.2, 0.25) is 0 Å². The molecule has 1 aromatic rings. The SMILES string of the molecule is CC(NC(=O)C1CC1C(=O)O)c1ccc2c(c1)OCO2. The van der Waals surface area contributed by atoms with E-state index in [4.69, 9.17) is 14.6 Å². The van der Waals surface area contributed by atoms with Crippen LogP contribution in [0.5, 0.6) is 11.5 Å². The van der Waals surface area contributed by atoms with Gasteiger partial charge in [0.15, 0.2) is 11.5 Å². The van der Waals surface area contributed by atoms with Crippen LogP contribution in [0, 0.1) is 11.8 Å². The lowest BCUT2D eigenvalue weighted by Gasteiger charge is -2.14. The van der Waals surface area contributed by atoms with Crippen molar-refractivity contribution in [2.45, 2.75) is 19.4 Å². The van der Waals surface area contributed by atoms with Gasteiger partial charge in [0.1, 0.15) is 0 Å². The van der Waals surface area contributed by atoms with Gasteiger partial charge in [0.2, 0.25) is 12.7 Å². The Balaban J connectivity index is 1.63. The number of rotatable bonds is 4. The highest BCUT2D eigenvalue weighted by molar-refractivity contribution is 5.89. The van der Waals surface area contributed by atoms with Crippen molar-refractivity contribution in [1.82, 2.24) is 5.32 Å². The maximum Gasteiger partial charge on any atom is 0.307 e. The summed E-state index contributed by atoms with van der Waals surface area (Å²) in [5.74, 6) is -0.676. The molecule has 0 saturated heterocycles. The quantitative estimate of drug-likeness (QED) is 0.866. The van der Waals surface area contributed by atoms with Gasteiger partial charge in [0.05, 0.1) is 17.9 Å². The van der Waals surface area contributed by atoms with E-state index in [9.17, 15) is 9.59 Å². The number of hydrogen-bond acceptors (Lipinski definition) is 4. The zero-order chi connectivity index (χ0) is 14.3. The molecule has 0 bridgehead atoms. The molecule has 0 spiro atoms. The van der Waals surface area contributed by atoms with Gasteiger partial charge in [0, 0.05) is 0 Å². The van der Waals surface area contributed by atoms with E-state index in [2.05, 4.69) is 5.32 Å². The van der Waals surface area contributed by atoms with Gasteiger partial charge in [-0.3, -0.25) is 9.59 Å². The molecule has 0 radical (unpaired) electrons. The van der Waals surface area contributed by atoms with Gasteiger partial charge in [-0.25, -0.2) is 0 Å². The number of benzene rings is 1. The highest BCUT2D eigenvalue weighted by atomic mass is 16.7. The van der Waals surface area contributed by atoms with Crippen molar-refractivity contribution in [3.05, 3.63) is 23.8 Å². The van der Waals surface area contributed by atoms with Crippen LogP contribution in [-0.2, 0) is 9.59 Å². The van der Waals surface area contributed by atoms with Crippen LogP contribution in [0.25, 0.3) is 0 Å². The van der Waals surface area contributed by atoms with Crippen LogP contribution in [0.3, 0.4) is 0 Å². The Morgan fingerprint density at radius 1 is 1.30 bits per heavy atom. The summed E-state index contributed by atoms with van der Waals surface area (Å²) in [7, 11) is 0. The van der Waals surface area contributed by atoms with Crippen LogP contribution < -0.4 is 14.8 Å². The maximum atomic E-state index is 11.9. The molecule has 1 saturated carbocycles. The molecule has 0 aromatic heterocycles. The smallest absolute Gasteiger partial charge is 0.307 e. The first-order chi connectivity index (χ1) is 9.56. The Kier molecular flexibility index (Phi) is 3.00. The summed E-state index contributed by atoms with van der Waals surface area (Å²) in [6.07, 6.45) is 0.426. The summed E-state index contributed by atoms with van der Waals surface area (Å²) >= 11 is 0. The van der Waals surface area contributed by atoms with Crippen LogP contribution in [0.15, 0.2) is 18.2 Å². The fourth-order valence-electron chi connectivity index (χ4n) is 2.34. The molecular weight excluding hydrogens is 262 g/mol. The fraction of sp³-hybridized carbons (Fsp3) is 0.429. The molecule has 1 aliphatic heterocycles. The van der Waals surface area contributed by atoms with Crippen LogP contribution in [0.1, 0.15) is 24.9 Å². The lowest BCUT2D eigenvalue weighted by molar-refractivity contribution is -0.140. The minimum Gasteiger partial charge on any atom is -0.481 e. The highest BCUT2D eigenvalue weighted by Gasteiger charge is 2.48. The molecule has 1 fully saturated rings. The van der Waals surface area contributed by atoms with Gasteiger partial charge in [-0.2, -0.15) is 0 Å². The van der Waals surface area contributed by atoms with Gasteiger partial charge < -0.3 is 19.9 Å². The first kappa shape index (κ1) is 12.8. The number of fused-ring (bicyclic) bond motifs is 1. The second kappa shape index (κ2) is 4.70. The normalized spacial score (nSPS) is 24.1. The zero-order valence-electron chi connectivity index (χ0n) is 11.0. The number of nitrogens with one attached hydrogen (secondary N) is 1. The topological polar surface area (TPSA) is 84.9 Å². The molecule has 3 atom stereocenters. The maximum absolute atomic E-state index is 11.9. The number of carbonyl (C=O) groups is 2. The Labute approximate surface area is 115 Å². The molecule has 2 N–H and O–H groups in total. The van der Waals surface area contributed by atoms with Gasteiger partial charge >= 0.3 is 5.97 Å². The van der Waals surface area contributed by atoms with Crippen molar-refractivity contribution < 1.29 is 24.2 Å². The Hall–Kier alpha value is -2.24. The third-order valence-corrected chi connectivity index (χ3v) is 3.70. The first-order valence-corrected chi connectivity index (χ1v) is 6.49. The van der Waals surface area contributed by atoms with Crippen LogP contribution in [-0.4, -0.2) is 23.8 Å².